The van der Waals surface area contributed by atoms with Crippen molar-refractivity contribution in [2.75, 3.05) is 0 Å². The van der Waals surface area contributed by atoms with Crippen molar-refractivity contribution >= 4 is 6.29 Å². The summed E-state index contributed by atoms with van der Waals surface area (Å²) in [6.45, 7) is 14.3. The molecule has 0 amide bonds. The maximum atomic E-state index is 11.7. The van der Waals surface area contributed by atoms with Crippen LogP contribution in [0.3, 0.4) is 0 Å². The van der Waals surface area contributed by atoms with Gasteiger partial charge in [0, 0.05) is 23.9 Å². The quantitative estimate of drug-likeness (QED) is 0.521. The van der Waals surface area contributed by atoms with Crippen LogP contribution in [0.4, 0.5) is 0 Å². The molecular weight excluding hydrogens is 222 g/mol. The molecule has 0 aromatic heterocycles. The topological polar surface area (TPSA) is 20.3 Å². The Morgan fingerprint density at radius 2 is 2.22 bits per heavy atom. The number of aldehydes is 1. The predicted molar refractivity (Wildman–Crippen MR) is 77.0 cm³/mol. The molecular formula is C16H25NO. The fourth-order valence-electron chi connectivity index (χ4n) is 2.85. The summed E-state index contributed by atoms with van der Waals surface area (Å²) >= 11 is 0. The highest BCUT2D eigenvalue weighted by Gasteiger charge is 2.44. The van der Waals surface area contributed by atoms with Crippen LogP contribution in [0.15, 0.2) is 36.7 Å². The van der Waals surface area contributed by atoms with Crippen LogP contribution in [0.1, 0.15) is 46.5 Å². The van der Waals surface area contributed by atoms with Crippen LogP contribution in [0.25, 0.3) is 0 Å². The number of nitrogens with zero attached hydrogens (tertiary/aromatic N) is 1. The highest BCUT2D eigenvalue weighted by Crippen LogP contribution is 2.48. The van der Waals surface area contributed by atoms with Crippen molar-refractivity contribution in [3.8, 4) is 0 Å². The minimum Gasteiger partial charge on any atom is -0.346 e. The van der Waals surface area contributed by atoms with E-state index in [1.165, 1.54) is 0 Å². The molecule has 0 aromatic rings. The second kappa shape index (κ2) is 6.03. The van der Waals surface area contributed by atoms with Crippen molar-refractivity contribution in [2.24, 2.45) is 5.41 Å². The van der Waals surface area contributed by atoms with Gasteiger partial charge in [0.15, 0.2) is 0 Å². The Bertz CT molecular complexity index is 369. The molecule has 1 heterocycles. The van der Waals surface area contributed by atoms with Crippen LogP contribution in [0, 0.1) is 5.41 Å². The monoisotopic (exact) mass is 247 g/mol. The third-order valence-electron chi connectivity index (χ3n) is 3.96. The molecule has 1 fully saturated rings. The Morgan fingerprint density at radius 3 is 2.67 bits per heavy atom. The highest BCUT2D eigenvalue weighted by molar-refractivity contribution is 5.68. The third kappa shape index (κ3) is 2.43. The zero-order valence-corrected chi connectivity index (χ0v) is 11.9. The summed E-state index contributed by atoms with van der Waals surface area (Å²) in [7, 11) is 0. The van der Waals surface area contributed by atoms with Crippen LogP contribution in [0.5, 0.6) is 0 Å². The lowest BCUT2D eigenvalue weighted by molar-refractivity contribution is -0.114. The van der Waals surface area contributed by atoms with E-state index in [9.17, 15) is 4.79 Å². The molecule has 2 nitrogen and oxygen atoms in total. The van der Waals surface area contributed by atoms with Crippen molar-refractivity contribution in [2.45, 2.75) is 52.5 Å². The average molecular weight is 247 g/mol. The summed E-state index contributed by atoms with van der Waals surface area (Å²) in [6, 6.07) is 0.397. The summed E-state index contributed by atoms with van der Waals surface area (Å²) in [5.74, 6) is 0. The Kier molecular flexibility index (Phi) is 4.94. The maximum Gasteiger partial charge on any atom is 0.132 e. The van der Waals surface area contributed by atoms with Crippen molar-refractivity contribution in [1.82, 2.24) is 4.90 Å². The van der Waals surface area contributed by atoms with Crippen molar-refractivity contribution in [3.63, 3.8) is 0 Å². The summed E-state index contributed by atoms with van der Waals surface area (Å²) in [6.07, 6.45) is 8.54. The number of rotatable bonds is 6. The Balaban J connectivity index is 3.12. The molecule has 1 aliphatic rings. The molecule has 1 aliphatic heterocycles. The van der Waals surface area contributed by atoms with Gasteiger partial charge in [-0.15, -0.1) is 6.58 Å². The third-order valence-corrected chi connectivity index (χ3v) is 3.96. The number of likely N-dealkylation sites (tertiary alicyclic amines) is 1. The zero-order chi connectivity index (χ0) is 13.8. The Labute approximate surface area is 111 Å². The number of hydrogen-bond acceptors (Lipinski definition) is 2. The fraction of sp³-hybridized carbons (Fsp3) is 0.562. The second-order valence-electron chi connectivity index (χ2n) is 5.15. The molecule has 0 radical (unpaired) electrons. The number of carbonyl (C=O) groups is 1. The Morgan fingerprint density at radius 1 is 1.56 bits per heavy atom. The van der Waals surface area contributed by atoms with E-state index >= 15 is 0 Å². The van der Waals surface area contributed by atoms with Crippen LogP contribution in [-0.2, 0) is 4.79 Å². The average Bonchev–Trinajstić information content (AvgIpc) is 2.68. The lowest BCUT2D eigenvalue weighted by Crippen LogP contribution is -2.31. The summed E-state index contributed by atoms with van der Waals surface area (Å²) < 4.78 is 0. The van der Waals surface area contributed by atoms with Gasteiger partial charge in [0.05, 0.1) is 5.41 Å². The number of hydrogen-bond donors (Lipinski definition) is 0. The van der Waals surface area contributed by atoms with Gasteiger partial charge >= 0.3 is 0 Å². The smallest absolute Gasteiger partial charge is 0.132 e. The first-order chi connectivity index (χ1) is 8.56. The fourth-order valence-corrected chi connectivity index (χ4v) is 2.85. The summed E-state index contributed by atoms with van der Waals surface area (Å²) in [4.78, 5) is 13.9. The first kappa shape index (κ1) is 14.7. The van der Waals surface area contributed by atoms with Crippen LogP contribution in [-0.4, -0.2) is 17.2 Å². The summed E-state index contributed by atoms with van der Waals surface area (Å²) in [5.41, 5.74) is 1.80. The van der Waals surface area contributed by atoms with Gasteiger partial charge in [-0.25, -0.2) is 0 Å². The molecule has 0 bridgehead atoms. The van der Waals surface area contributed by atoms with Gasteiger partial charge < -0.3 is 9.69 Å². The van der Waals surface area contributed by atoms with Crippen LogP contribution >= 0.6 is 0 Å². The van der Waals surface area contributed by atoms with Crippen LogP contribution in [0.2, 0.25) is 0 Å². The predicted octanol–water partition coefficient (Wildman–Crippen LogP) is 4.06. The van der Waals surface area contributed by atoms with E-state index in [-0.39, 0.29) is 5.41 Å². The molecule has 0 saturated carbocycles. The van der Waals surface area contributed by atoms with Gasteiger partial charge in [-0.2, -0.15) is 0 Å². The Hall–Kier alpha value is -1.31. The lowest BCUT2D eigenvalue weighted by atomic mass is 9.80. The van der Waals surface area contributed by atoms with E-state index in [1.54, 1.807) is 0 Å². The largest absolute Gasteiger partial charge is 0.346 e. The van der Waals surface area contributed by atoms with E-state index in [2.05, 4.69) is 38.0 Å². The standard InChI is InChI=1S/C16H25NO/c1-6-9-10-16(12-18)11-14(5)17(13(4)7-2)15(16)8-3/h6,8,12-13H,1,5,7,9-11H2,2-4H3/b15-8-. The second-order valence-corrected chi connectivity index (χ2v) is 5.15. The van der Waals surface area contributed by atoms with Crippen molar-refractivity contribution < 1.29 is 4.79 Å². The van der Waals surface area contributed by atoms with Gasteiger partial charge in [-0.1, -0.05) is 25.7 Å². The maximum absolute atomic E-state index is 11.7. The highest BCUT2D eigenvalue weighted by atomic mass is 16.1. The normalized spacial score (nSPS) is 27.6. The zero-order valence-electron chi connectivity index (χ0n) is 11.9. The molecule has 2 atom stereocenters. The SMILES string of the molecule is C=CCCC1(C=O)CC(=C)N(C(C)CC)/C1=C\C. The van der Waals surface area contributed by atoms with E-state index in [1.807, 2.05) is 13.0 Å². The van der Waals surface area contributed by atoms with Gasteiger partial charge in [0.2, 0.25) is 0 Å². The van der Waals surface area contributed by atoms with Gasteiger partial charge in [0.1, 0.15) is 6.29 Å². The summed E-state index contributed by atoms with van der Waals surface area (Å²) in [5, 5.41) is 0. The minimum atomic E-state index is -0.385. The van der Waals surface area contributed by atoms with E-state index in [0.29, 0.717) is 6.04 Å². The van der Waals surface area contributed by atoms with Crippen molar-refractivity contribution in [1.29, 1.82) is 0 Å². The van der Waals surface area contributed by atoms with Crippen molar-refractivity contribution in [3.05, 3.63) is 36.7 Å². The van der Waals surface area contributed by atoms with Gasteiger partial charge in [0.25, 0.3) is 0 Å². The molecule has 2 unspecified atom stereocenters. The molecule has 18 heavy (non-hydrogen) atoms. The molecule has 1 rings (SSSR count). The van der Waals surface area contributed by atoms with Gasteiger partial charge in [-0.3, -0.25) is 0 Å². The molecule has 0 spiro atoms. The van der Waals surface area contributed by atoms with E-state index in [0.717, 1.165) is 43.4 Å². The first-order valence-corrected chi connectivity index (χ1v) is 6.77. The molecule has 0 N–H and O–H groups in total. The van der Waals surface area contributed by atoms with Gasteiger partial charge in [-0.05, 0) is 33.1 Å². The van der Waals surface area contributed by atoms with Crippen LogP contribution < -0.4 is 0 Å². The lowest BCUT2D eigenvalue weighted by Gasteiger charge is -2.32. The molecule has 0 aromatic carbocycles. The first-order valence-electron chi connectivity index (χ1n) is 6.77. The molecule has 0 aliphatic carbocycles. The molecule has 100 valence electrons. The molecule has 2 heteroatoms. The number of carbonyl (C=O) groups excluding carboxylic acids is 1. The minimum absolute atomic E-state index is 0.385. The van der Waals surface area contributed by atoms with E-state index < -0.39 is 0 Å². The molecule has 1 saturated heterocycles. The van der Waals surface area contributed by atoms with E-state index in [4.69, 9.17) is 0 Å². The number of allylic oxidation sites excluding steroid dienone is 4.